The molecule has 2 rings (SSSR count). The van der Waals surface area contributed by atoms with Crippen molar-refractivity contribution >= 4 is 11.6 Å². The van der Waals surface area contributed by atoms with Crippen molar-refractivity contribution in [3.05, 3.63) is 21.8 Å². The topological polar surface area (TPSA) is 66.9 Å². The molecule has 0 amide bonds. The molecule has 5 heteroatoms. The van der Waals surface area contributed by atoms with Crippen LogP contribution in [0.4, 0.5) is 0 Å². The first-order valence-corrected chi connectivity index (χ1v) is 7.95. The number of nitriles is 1. The third-order valence-corrected chi connectivity index (χ3v) is 5.23. The third kappa shape index (κ3) is 3.73. The molecule has 2 atom stereocenters. The van der Waals surface area contributed by atoms with Gasteiger partial charge in [0, 0.05) is 28.7 Å². The SMILES string of the molecule is N#C/C(=C/[C@@H]1CCCC[C@@H]1Cl)C1CCC([N+](=O)[O-])CC1. The maximum atomic E-state index is 10.8. The lowest BCUT2D eigenvalue weighted by Crippen LogP contribution is -2.27. The van der Waals surface area contributed by atoms with Gasteiger partial charge in [0.2, 0.25) is 6.04 Å². The van der Waals surface area contributed by atoms with E-state index >= 15 is 0 Å². The fraction of sp³-hybridized carbons (Fsp3) is 0.800. The molecule has 2 saturated carbocycles. The Morgan fingerprint density at radius 3 is 2.40 bits per heavy atom. The predicted molar refractivity (Wildman–Crippen MR) is 78.0 cm³/mol. The van der Waals surface area contributed by atoms with Gasteiger partial charge in [0.25, 0.3) is 0 Å². The van der Waals surface area contributed by atoms with E-state index in [0.717, 1.165) is 31.3 Å². The van der Waals surface area contributed by atoms with E-state index in [9.17, 15) is 15.4 Å². The molecule has 0 saturated heterocycles. The molecule has 0 aliphatic heterocycles. The van der Waals surface area contributed by atoms with Gasteiger partial charge >= 0.3 is 0 Å². The Kier molecular flexibility index (Phi) is 5.42. The first-order chi connectivity index (χ1) is 9.61. The highest BCUT2D eigenvalue weighted by Crippen LogP contribution is 2.35. The van der Waals surface area contributed by atoms with Crippen LogP contribution in [0.25, 0.3) is 0 Å². The van der Waals surface area contributed by atoms with Crippen LogP contribution in [0.3, 0.4) is 0 Å². The molecule has 0 aromatic carbocycles. The van der Waals surface area contributed by atoms with Crippen LogP contribution in [0.5, 0.6) is 0 Å². The summed E-state index contributed by atoms with van der Waals surface area (Å²) in [5.41, 5.74) is 0.810. The van der Waals surface area contributed by atoms with E-state index in [4.69, 9.17) is 11.6 Å². The minimum Gasteiger partial charge on any atom is -0.264 e. The van der Waals surface area contributed by atoms with Crippen LogP contribution in [0.1, 0.15) is 51.4 Å². The molecular formula is C15H21ClN2O2. The van der Waals surface area contributed by atoms with Crippen LogP contribution >= 0.6 is 11.6 Å². The summed E-state index contributed by atoms with van der Waals surface area (Å²) < 4.78 is 0. The number of nitrogens with zero attached hydrogens (tertiary/aromatic N) is 2. The third-order valence-electron chi connectivity index (χ3n) is 4.69. The second-order valence-electron chi connectivity index (χ2n) is 5.99. The molecule has 110 valence electrons. The zero-order chi connectivity index (χ0) is 14.5. The molecule has 4 nitrogen and oxygen atoms in total. The van der Waals surface area contributed by atoms with Crippen LogP contribution in [-0.2, 0) is 0 Å². The quantitative estimate of drug-likeness (QED) is 0.341. The molecule has 0 aromatic heterocycles. The van der Waals surface area contributed by atoms with Crippen molar-refractivity contribution in [2.45, 2.75) is 62.8 Å². The Morgan fingerprint density at radius 2 is 1.85 bits per heavy atom. The summed E-state index contributed by atoms with van der Waals surface area (Å²) in [4.78, 5) is 10.6. The van der Waals surface area contributed by atoms with Gasteiger partial charge in [0.15, 0.2) is 0 Å². The van der Waals surface area contributed by atoms with Crippen LogP contribution in [-0.4, -0.2) is 16.3 Å². The lowest BCUT2D eigenvalue weighted by atomic mass is 9.79. The smallest absolute Gasteiger partial charge is 0.213 e. The molecule has 0 aromatic rings. The fourth-order valence-corrected chi connectivity index (χ4v) is 3.75. The van der Waals surface area contributed by atoms with E-state index in [0.29, 0.717) is 18.8 Å². The van der Waals surface area contributed by atoms with E-state index in [2.05, 4.69) is 12.1 Å². The minimum absolute atomic E-state index is 0.141. The summed E-state index contributed by atoms with van der Waals surface area (Å²) in [6, 6.07) is 1.90. The minimum atomic E-state index is -0.415. The summed E-state index contributed by atoms with van der Waals surface area (Å²) in [5.74, 6) is 0.496. The van der Waals surface area contributed by atoms with E-state index in [-0.39, 0.29) is 16.2 Å². The maximum absolute atomic E-state index is 10.8. The number of hydrogen-bond donors (Lipinski definition) is 0. The first kappa shape index (κ1) is 15.3. The number of halogens is 1. The molecule has 0 heterocycles. The molecule has 20 heavy (non-hydrogen) atoms. The van der Waals surface area contributed by atoms with Crippen molar-refractivity contribution in [1.82, 2.24) is 0 Å². The van der Waals surface area contributed by atoms with Gasteiger partial charge in [-0.05, 0) is 37.5 Å². The van der Waals surface area contributed by atoms with Gasteiger partial charge in [-0.15, -0.1) is 11.6 Å². The Labute approximate surface area is 124 Å². The highest BCUT2D eigenvalue weighted by molar-refractivity contribution is 6.20. The summed E-state index contributed by atoms with van der Waals surface area (Å²) in [6.45, 7) is 0. The lowest BCUT2D eigenvalue weighted by molar-refractivity contribution is -0.526. The van der Waals surface area contributed by atoms with Crippen molar-refractivity contribution in [1.29, 1.82) is 5.26 Å². The summed E-state index contributed by atoms with van der Waals surface area (Å²) in [7, 11) is 0. The van der Waals surface area contributed by atoms with E-state index in [1.807, 2.05) is 0 Å². The summed E-state index contributed by atoms with van der Waals surface area (Å²) in [6.07, 6.45) is 9.19. The van der Waals surface area contributed by atoms with Crippen LogP contribution in [0.2, 0.25) is 0 Å². The zero-order valence-corrected chi connectivity index (χ0v) is 12.4. The van der Waals surface area contributed by atoms with Crippen molar-refractivity contribution in [3.63, 3.8) is 0 Å². The van der Waals surface area contributed by atoms with Gasteiger partial charge in [-0.3, -0.25) is 10.1 Å². The molecule has 0 bridgehead atoms. The fourth-order valence-electron chi connectivity index (χ4n) is 3.39. The second kappa shape index (κ2) is 7.08. The zero-order valence-electron chi connectivity index (χ0n) is 11.6. The standard InChI is InChI=1S/C15H21ClN2O2/c16-15-4-2-1-3-12(15)9-13(10-17)11-5-7-14(8-6-11)18(19)20/h9,11-12,14-15H,1-8H2/b13-9-/t11?,12-,14?,15-/m0/s1. The van der Waals surface area contributed by atoms with Crippen molar-refractivity contribution in [3.8, 4) is 6.07 Å². The predicted octanol–water partition coefficient (Wildman–Crippen LogP) is 4.07. The summed E-state index contributed by atoms with van der Waals surface area (Å²) >= 11 is 6.34. The van der Waals surface area contributed by atoms with Gasteiger partial charge in [-0.2, -0.15) is 5.26 Å². The van der Waals surface area contributed by atoms with Crippen molar-refractivity contribution in [2.24, 2.45) is 11.8 Å². The molecule has 0 spiro atoms. The molecule has 0 unspecified atom stereocenters. The number of nitro groups is 1. The molecule has 2 aliphatic carbocycles. The van der Waals surface area contributed by atoms with E-state index in [1.54, 1.807) is 0 Å². The lowest BCUT2D eigenvalue weighted by Gasteiger charge is -2.27. The average Bonchev–Trinajstić information content (AvgIpc) is 2.46. The van der Waals surface area contributed by atoms with Crippen LogP contribution in [0.15, 0.2) is 11.6 Å². The second-order valence-corrected chi connectivity index (χ2v) is 6.55. The van der Waals surface area contributed by atoms with Gasteiger partial charge < -0.3 is 0 Å². The van der Waals surface area contributed by atoms with Gasteiger partial charge in [0.1, 0.15) is 0 Å². The molecule has 0 N–H and O–H groups in total. The van der Waals surface area contributed by atoms with Gasteiger partial charge in [0.05, 0.1) is 6.07 Å². The largest absolute Gasteiger partial charge is 0.264 e. The number of allylic oxidation sites excluding steroid dienone is 2. The van der Waals surface area contributed by atoms with Crippen LogP contribution < -0.4 is 0 Å². The molecule has 2 aliphatic rings. The van der Waals surface area contributed by atoms with E-state index < -0.39 is 6.04 Å². The highest BCUT2D eigenvalue weighted by atomic mass is 35.5. The Bertz CT molecular complexity index is 422. The van der Waals surface area contributed by atoms with Crippen molar-refractivity contribution in [2.75, 3.05) is 0 Å². The Balaban J connectivity index is 1.98. The van der Waals surface area contributed by atoms with Crippen molar-refractivity contribution < 1.29 is 4.92 Å². The van der Waals surface area contributed by atoms with Gasteiger partial charge in [-0.25, -0.2) is 0 Å². The Hall–Kier alpha value is -1.08. The average molecular weight is 297 g/mol. The normalized spacial score (nSPS) is 35.3. The highest BCUT2D eigenvalue weighted by Gasteiger charge is 2.31. The first-order valence-electron chi connectivity index (χ1n) is 7.51. The van der Waals surface area contributed by atoms with Crippen LogP contribution in [0, 0.1) is 33.3 Å². The Morgan fingerprint density at radius 1 is 1.20 bits per heavy atom. The molecule has 2 fully saturated rings. The van der Waals surface area contributed by atoms with E-state index in [1.165, 1.54) is 12.8 Å². The number of alkyl halides is 1. The monoisotopic (exact) mass is 296 g/mol. The number of rotatable bonds is 3. The number of hydrogen-bond acceptors (Lipinski definition) is 3. The molecular weight excluding hydrogens is 276 g/mol. The summed E-state index contributed by atoms with van der Waals surface area (Å²) in [5, 5.41) is 20.3. The molecule has 0 radical (unpaired) electrons. The van der Waals surface area contributed by atoms with Gasteiger partial charge in [-0.1, -0.05) is 18.9 Å². The maximum Gasteiger partial charge on any atom is 0.213 e.